The van der Waals surface area contributed by atoms with Gasteiger partial charge in [0.25, 0.3) is 0 Å². The third-order valence-electron chi connectivity index (χ3n) is 1.66. The maximum atomic E-state index is 12.2. The van der Waals surface area contributed by atoms with E-state index in [9.17, 15) is 4.57 Å². The summed E-state index contributed by atoms with van der Waals surface area (Å²) in [6, 6.07) is 0.302. The van der Waals surface area contributed by atoms with Crippen LogP contribution < -0.4 is 5.32 Å². The normalized spacial score (nSPS) is 13.3. The molecule has 0 rings (SSSR count). The monoisotopic (exact) mass is 235 g/mol. The van der Waals surface area contributed by atoms with Crippen molar-refractivity contribution in [3.63, 3.8) is 0 Å². The molecular weight excluding hydrogens is 213 g/mol. The lowest BCUT2D eigenvalue weighted by atomic mass is 10.4. The summed E-state index contributed by atoms with van der Waals surface area (Å²) in [6.07, 6.45) is 1.71. The van der Waals surface area contributed by atoms with E-state index in [0.717, 1.165) is 0 Å². The average Bonchev–Trinajstić information content (AvgIpc) is 2.14. The summed E-state index contributed by atoms with van der Waals surface area (Å²) in [7, 11) is -3.07. The lowest BCUT2D eigenvalue weighted by molar-refractivity contribution is 0.226. The highest BCUT2D eigenvalue weighted by Gasteiger charge is 2.25. The predicted octanol–water partition coefficient (Wildman–Crippen LogP) is 3.11. The molecule has 15 heavy (non-hydrogen) atoms. The molecule has 0 spiro atoms. The molecule has 0 atom stereocenters. The summed E-state index contributed by atoms with van der Waals surface area (Å²) < 4.78 is 22.6. The molecule has 4 nitrogen and oxygen atoms in total. The molecular formula is C10H22NO3P. The van der Waals surface area contributed by atoms with Crippen molar-refractivity contribution in [2.75, 3.05) is 13.2 Å². The minimum atomic E-state index is -3.07. The van der Waals surface area contributed by atoms with Crippen LogP contribution in [0.1, 0.15) is 34.6 Å². The zero-order valence-corrected chi connectivity index (χ0v) is 11.1. The molecule has 90 valence electrons. The summed E-state index contributed by atoms with van der Waals surface area (Å²) in [5.41, 5.74) is 0. The van der Waals surface area contributed by atoms with E-state index >= 15 is 0 Å². The molecule has 0 bridgehead atoms. The van der Waals surface area contributed by atoms with E-state index in [4.69, 9.17) is 9.05 Å². The van der Waals surface area contributed by atoms with Crippen LogP contribution in [0.5, 0.6) is 0 Å². The van der Waals surface area contributed by atoms with Crippen LogP contribution >= 0.6 is 7.60 Å². The van der Waals surface area contributed by atoms with Crippen molar-refractivity contribution in [2.45, 2.75) is 40.7 Å². The SMILES string of the molecule is CCOP(=O)(OCC)/C(C)=C/NC(C)C. The Morgan fingerprint density at radius 2 is 1.80 bits per heavy atom. The Labute approximate surface area is 92.6 Å². The van der Waals surface area contributed by atoms with Crippen LogP contribution in [0.15, 0.2) is 11.5 Å². The van der Waals surface area contributed by atoms with Crippen molar-refractivity contribution >= 4 is 7.60 Å². The van der Waals surface area contributed by atoms with Crippen LogP contribution in [-0.2, 0) is 13.6 Å². The number of nitrogens with one attached hydrogen (secondary N) is 1. The van der Waals surface area contributed by atoms with Gasteiger partial charge in [0.2, 0.25) is 0 Å². The number of hydrogen-bond donors (Lipinski definition) is 1. The second kappa shape index (κ2) is 7.04. The Kier molecular flexibility index (Phi) is 6.90. The minimum absolute atomic E-state index is 0.302. The predicted molar refractivity (Wildman–Crippen MR) is 62.9 cm³/mol. The Bertz CT molecular complexity index is 241. The fourth-order valence-corrected chi connectivity index (χ4v) is 2.34. The molecule has 0 aliphatic carbocycles. The van der Waals surface area contributed by atoms with E-state index in [1.165, 1.54) is 0 Å². The Hall–Kier alpha value is -0.310. The molecule has 0 saturated heterocycles. The maximum Gasteiger partial charge on any atom is 0.358 e. The van der Waals surface area contributed by atoms with Crippen LogP contribution in [0, 0.1) is 0 Å². The third-order valence-corrected chi connectivity index (χ3v) is 3.84. The van der Waals surface area contributed by atoms with Gasteiger partial charge in [-0.05, 0) is 34.6 Å². The van der Waals surface area contributed by atoms with Gasteiger partial charge in [0.05, 0.1) is 18.5 Å². The van der Waals surface area contributed by atoms with Gasteiger partial charge in [-0.15, -0.1) is 0 Å². The molecule has 0 fully saturated rings. The molecule has 1 N–H and O–H groups in total. The van der Waals surface area contributed by atoms with E-state index < -0.39 is 7.60 Å². The van der Waals surface area contributed by atoms with Gasteiger partial charge >= 0.3 is 7.60 Å². The van der Waals surface area contributed by atoms with Crippen molar-refractivity contribution in [2.24, 2.45) is 0 Å². The van der Waals surface area contributed by atoms with Gasteiger partial charge in [0.1, 0.15) is 0 Å². The lowest BCUT2D eigenvalue weighted by Gasteiger charge is -2.18. The molecule has 0 amide bonds. The highest BCUT2D eigenvalue weighted by Crippen LogP contribution is 2.55. The van der Waals surface area contributed by atoms with Crippen molar-refractivity contribution < 1.29 is 13.6 Å². The molecule has 0 aliphatic rings. The van der Waals surface area contributed by atoms with Crippen molar-refractivity contribution in [3.05, 3.63) is 11.5 Å². The van der Waals surface area contributed by atoms with Crippen molar-refractivity contribution in [1.82, 2.24) is 5.32 Å². The topological polar surface area (TPSA) is 47.6 Å². The first kappa shape index (κ1) is 14.7. The smallest absolute Gasteiger partial charge is 0.358 e. The van der Waals surface area contributed by atoms with Gasteiger partial charge in [0, 0.05) is 12.2 Å². The van der Waals surface area contributed by atoms with E-state index in [1.54, 1.807) is 27.0 Å². The van der Waals surface area contributed by atoms with Gasteiger partial charge in [-0.1, -0.05) is 0 Å². The molecule has 0 aromatic carbocycles. The highest BCUT2D eigenvalue weighted by molar-refractivity contribution is 7.58. The van der Waals surface area contributed by atoms with Crippen LogP contribution in [0.4, 0.5) is 0 Å². The van der Waals surface area contributed by atoms with Crippen molar-refractivity contribution in [3.8, 4) is 0 Å². The Morgan fingerprint density at radius 3 is 2.13 bits per heavy atom. The summed E-state index contributed by atoms with van der Waals surface area (Å²) in [6.45, 7) is 10.1. The first-order valence-electron chi connectivity index (χ1n) is 5.28. The first-order chi connectivity index (χ1) is 6.96. The average molecular weight is 235 g/mol. The molecule has 0 aliphatic heterocycles. The molecule has 0 aromatic heterocycles. The zero-order chi connectivity index (χ0) is 11.9. The summed E-state index contributed by atoms with van der Waals surface area (Å²) >= 11 is 0. The van der Waals surface area contributed by atoms with Crippen LogP contribution in [0.2, 0.25) is 0 Å². The molecule has 5 heteroatoms. The summed E-state index contributed by atoms with van der Waals surface area (Å²) in [5.74, 6) is 0. The molecule has 0 heterocycles. The van der Waals surface area contributed by atoms with Gasteiger partial charge in [-0.2, -0.15) is 0 Å². The van der Waals surface area contributed by atoms with E-state index in [2.05, 4.69) is 5.32 Å². The Morgan fingerprint density at radius 1 is 1.33 bits per heavy atom. The van der Waals surface area contributed by atoms with E-state index in [1.807, 2.05) is 13.8 Å². The number of allylic oxidation sites excluding steroid dienone is 1. The van der Waals surface area contributed by atoms with Gasteiger partial charge in [0.15, 0.2) is 0 Å². The van der Waals surface area contributed by atoms with Gasteiger partial charge < -0.3 is 14.4 Å². The number of rotatable bonds is 7. The quantitative estimate of drug-likeness (QED) is 0.689. The summed E-state index contributed by atoms with van der Waals surface area (Å²) in [4.78, 5) is 0. The first-order valence-corrected chi connectivity index (χ1v) is 6.83. The fourth-order valence-electron chi connectivity index (χ4n) is 0.947. The number of hydrogen-bond acceptors (Lipinski definition) is 4. The molecule has 0 radical (unpaired) electrons. The fraction of sp³-hybridized carbons (Fsp3) is 0.800. The van der Waals surface area contributed by atoms with Crippen LogP contribution in [0.3, 0.4) is 0 Å². The Balaban J connectivity index is 4.60. The largest absolute Gasteiger partial charge is 0.388 e. The van der Waals surface area contributed by atoms with E-state index in [0.29, 0.717) is 24.6 Å². The van der Waals surface area contributed by atoms with Crippen LogP contribution in [0.25, 0.3) is 0 Å². The van der Waals surface area contributed by atoms with Gasteiger partial charge in [-0.25, -0.2) is 0 Å². The molecule has 0 unspecified atom stereocenters. The standard InChI is InChI=1S/C10H22NO3P/c1-6-13-15(12,14-7-2)10(5)8-11-9(3)4/h8-9,11H,6-7H2,1-5H3/b10-8+. The second-order valence-electron chi connectivity index (χ2n) is 3.44. The van der Waals surface area contributed by atoms with E-state index in [-0.39, 0.29) is 0 Å². The highest BCUT2D eigenvalue weighted by atomic mass is 31.2. The summed E-state index contributed by atoms with van der Waals surface area (Å²) in [5, 5.41) is 3.68. The lowest BCUT2D eigenvalue weighted by Crippen LogP contribution is -2.16. The van der Waals surface area contributed by atoms with Crippen LogP contribution in [-0.4, -0.2) is 19.3 Å². The zero-order valence-electron chi connectivity index (χ0n) is 10.2. The van der Waals surface area contributed by atoms with Gasteiger partial charge in [-0.3, -0.25) is 4.57 Å². The third kappa shape index (κ3) is 5.36. The molecule has 0 saturated carbocycles. The maximum absolute atomic E-state index is 12.2. The molecule has 0 aromatic rings. The minimum Gasteiger partial charge on any atom is -0.388 e. The van der Waals surface area contributed by atoms with Crippen molar-refractivity contribution in [1.29, 1.82) is 0 Å². The second-order valence-corrected chi connectivity index (χ2v) is 5.66.